The number of nitrogens with zero attached hydrogens (tertiary/aromatic N) is 1. The second-order valence-electron chi connectivity index (χ2n) is 8.65. The van der Waals surface area contributed by atoms with E-state index in [0.29, 0.717) is 6.42 Å². The third-order valence-corrected chi connectivity index (χ3v) is 6.03. The third-order valence-electron chi connectivity index (χ3n) is 6.03. The summed E-state index contributed by atoms with van der Waals surface area (Å²) in [7, 11) is 0. The maximum Gasteiger partial charge on any atom is 0.407 e. The quantitative estimate of drug-likeness (QED) is 0.561. The summed E-state index contributed by atoms with van der Waals surface area (Å²) in [6.07, 6.45) is 0.702. The maximum atomic E-state index is 12.9. The van der Waals surface area contributed by atoms with E-state index in [4.69, 9.17) is 9.84 Å². The van der Waals surface area contributed by atoms with Gasteiger partial charge < -0.3 is 20.1 Å². The average Bonchev–Trinajstić information content (AvgIpc) is 3.12. The second-order valence-corrected chi connectivity index (χ2v) is 8.65. The number of carbonyl (C=O) groups is 3. The maximum absolute atomic E-state index is 12.9. The lowest BCUT2D eigenvalue weighted by Gasteiger charge is -2.29. The van der Waals surface area contributed by atoms with Gasteiger partial charge in [0.15, 0.2) is 0 Å². The van der Waals surface area contributed by atoms with Crippen LogP contribution in [0, 0.1) is 5.92 Å². The number of benzene rings is 2. The summed E-state index contributed by atoms with van der Waals surface area (Å²) in [5.41, 5.74) is 4.57. The van der Waals surface area contributed by atoms with E-state index in [9.17, 15) is 14.4 Å². The first-order valence-electron chi connectivity index (χ1n) is 11.4. The zero-order valence-corrected chi connectivity index (χ0v) is 19.4. The summed E-state index contributed by atoms with van der Waals surface area (Å²) in [5.74, 6) is -1.87. The van der Waals surface area contributed by atoms with Crippen LogP contribution < -0.4 is 5.32 Å². The Morgan fingerprint density at radius 3 is 2.12 bits per heavy atom. The lowest BCUT2D eigenvalue weighted by molar-refractivity contribution is -0.147. The molecule has 0 bridgehead atoms. The zero-order chi connectivity index (χ0) is 24.0. The monoisotopic (exact) mass is 452 g/mol. The summed E-state index contributed by atoms with van der Waals surface area (Å²) < 4.78 is 5.55. The molecule has 0 heterocycles. The number of rotatable bonds is 10. The number of ether oxygens (including phenoxy) is 1. The number of carboxylic acids is 1. The van der Waals surface area contributed by atoms with E-state index in [-0.39, 0.29) is 37.6 Å². The van der Waals surface area contributed by atoms with E-state index >= 15 is 0 Å². The highest BCUT2D eigenvalue weighted by Crippen LogP contribution is 2.44. The first kappa shape index (κ1) is 24.3. The molecule has 2 aromatic carbocycles. The van der Waals surface area contributed by atoms with Gasteiger partial charge in [-0.1, -0.05) is 61.9 Å². The van der Waals surface area contributed by atoms with Gasteiger partial charge in [0.05, 0.1) is 5.92 Å². The summed E-state index contributed by atoms with van der Waals surface area (Å²) in [6, 6.07) is 16.0. The van der Waals surface area contributed by atoms with Gasteiger partial charge in [-0.2, -0.15) is 0 Å². The topological polar surface area (TPSA) is 95.9 Å². The van der Waals surface area contributed by atoms with Crippen LogP contribution in [0.15, 0.2) is 48.5 Å². The molecule has 0 fully saturated rings. The number of hydrogen-bond donors (Lipinski definition) is 2. The second kappa shape index (κ2) is 11.0. The van der Waals surface area contributed by atoms with Crippen molar-refractivity contribution in [1.29, 1.82) is 0 Å². The highest BCUT2D eigenvalue weighted by molar-refractivity contribution is 5.84. The standard InChI is InChI=1S/C26H32N2O5/c1-4-9-18(25(31)28(17(2)3)15-24(29)30)14-27-26(32)33-16-23-21-12-7-5-10-19(21)20-11-6-8-13-22(20)23/h5-8,10-13,17-18,23H,4,9,14-16H2,1-3H3,(H,27,32)(H,29,30). The Labute approximate surface area is 194 Å². The Balaban J connectivity index is 1.61. The van der Waals surface area contributed by atoms with Crippen LogP contribution >= 0.6 is 0 Å². The molecule has 176 valence electrons. The molecule has 0 aromatic heterocycles. The van der Waals surface area contributed by atoms with Gasteiger partial charge >= 0.3 is 12.1 Å². The third kappa shape index (κ3) is 5.72. The van der Waals surface area contributed by atoms with E-state index in [1.807, 2.05) is 31.2 Å². The molecule has 1 atom stereocenters. The van der Waals surface area contributed by atoms with Gasteiger partial charge in [-0.05, 0) is 42.5 Å². The molecule has 2 amide bonds. The van der Waals surface area contributed by atoms with Crippen LogP contribution in [0.5, 0.6) is 0 Å². The number of hydrogen-bond acceptors (Lipinski definition) is 4. The number of amides is 2. The predicted molar refractivity (Wildman–Crippen MR) is 126 cm³/mol. The first-order chi connectivity index (χ1) is 15.8. The Morgan fingerprint density at radius 2 is 1.61 bits per heavy atom. The molecule has 0 saturated carbocycles. The van der Waals surface area contributed by atoms with Gasteiger partial charge in [-0.15, -0.1) is 0 Å². The summed E-state index contributed by atoms with van der Waals surface area (Å²) in [6.45, 7) is 5.45. The summed E-state index contributed by atoms with van der Waals surface area (Å²) in [4.78, 5) is 37.9. The molecular formula is C26H32N2O5. The van der Waals surface area contributed by atoms with Gasteiger partial charge in [0.1, 0.15) is 13.2 Å². The molecule has 0 saturated heterocycles. The minimum Gasteiger partial charge on any atom is -0.480 e. The van der Waals surface area contributed by atoms with Crippen molar-refractivity contribution in [2.24, 2.45) is 5.92 Å². The van der Waals surface area contributed by atoms with Gasteiger partial charge in [-0.25, -0.2) is 4.79 Å². The minimum atomic E-state index is -1.06. The van der Waals surface area contributed by atoms with Crippen molar-refractivity contribution in [2.45, 2.75) is 45.6 Å². The first-order valence-corrected chi connectivity index (χ1v) is 11.4. The van der Waals surface area contributed by atoms with E-state index in [1.54, 1.807) is 13.8 Å². The van der Waals surface area contributed by atoms with Crippen molar-refractivity contribution in [1.82, 2.24) is 10.2 Å². The van der Waals surface area contributed by atoms with Gasteiger partial charge in [-0.3, -0.25) is 9.59 Å². The van der Waals surface area contributed by atoms with Gasteiger partial charge in [0, 0.05) is 18.5 Å². The average molecular weight is 453 g/mol. The molecule has 0 aliphatic heterocycles. The lowest BCUT2D eigenvalue weighted by Crippen LogP contribution is -2.46. The van der Waals surface area contributed by atoms with E-state index in [1.165, 1.54) is 4.90 Å². The lowest BCUT2D eigenvalue weighted by atomic mass is 9.98. The molecule has 7 nitrogen and oxygen atoms in total. The van der Waals surface area contributed by atoms with Crippen LogP contribution in [0.2, 0.25) is 0 Å². The van der Waals surface area contributed by atoms with Crippen LogP contribution in [0.1, 0.15) is 50.7 Å². The Bertz CT molecular complexity index is 958. The smallest absolute Gasteiger partial charge is 0.407 e. The van der Waals surface area contributed by atoms with E-state index in [0.717, 1.165) is 28.7 Å². The highest BCUT2D eigenvalue weighted by atomic mass is 16.5. The van der Waals surface area contributed by atoms with Gasteiger partial charge in [0.2, 0.25) is 5.91 Å². The SMILES string of the molecule is CCCC(CNC(=O)OCC1c2ccccc2-c2ccccc21)C(=O)N(CC(=O)O)C(C)C. The summed E-state index contributed by atoms with van der Waals surface area (Å²) in [5, 5.41) is 11.9. The molecule has 1 aliphatic rings. The Kier molecular flexibility index (Phi) is 8.09. The van der Waals surface area contributed by atoms with Crippen molar-refractivity contribution in [3.8, 4) is 11.1 Å². The molecule has 3 rings (SSSR count). The number of nitrogens with one attached hydrogen (secondary N) is 1. The minimum absolute atomic E-state index is 0.0387. The fraction of sp³-hybridized carbons (Fsp3) is 0.423. The van der Waals surface area contributed by atoms with Crippen LogP contribution in [-0.2, 0) is 14.3 Å². The highest BCUT2D eigenvalue weighted by Gasteiger charge is 2.30. The van der Waals surface area contributed by atoms with Crippen molar-refractivity contribution >= 4 is 18.0 Å². The molecule has 2 N–H and O–H groups in total. The zero-order valence-electron chi connectivity index (χ0n) is 19.4. The molecule has 7 heteroatoms. The van der Waals surface area contributed by atoms with Crippen molar-refractivity contribution in [3.63, 3.8) is 0 Å². The number of carboxylic acid groups (broad SMARTS) is 1. The number of carbonyl (C=O) groups excluding carboxylic acids is 2. The number of aliphatic carboxylic acids is 1. The molecule has 0 radical (unpaired) electrons. The van der Waals surface area contributed by atoms with E-state index < -0.39 is 18.0 Å². The Hall–Kier alpha value is -3.35. The van der Waals surface area contributed by atoms with E-state index in [2.05, 4.69) is 29.6 Å². The molecule has 1 unspecified atom stereocenters. The number of fused-ring (bicyclic) bond motifs is 3. The molecule has 1 aliphatic carbocycles. The van der Waals surface area contributed by atoms with Crippen LogP contribution in [0.4, 0.5) is 4.79 Å². The molecule has 33 heavy (non-hydrogen) atoms. The van der Waals surface area contributed by atoms with Crippen molar-refractivity contribution in [3.05, 3.63) is 59.7 Å². The van der Waals surface area contributed by atoms with Crippen molar-refractivity contribution in [2.75, 3.05) is 19.7 Å². The number of alkyl carbamates (subject to hydrolysis) is 1. The fourth-order valence-corrected chi connectivity index (χ4v) is 4.41. The molecular weight excluding hydrogens is 420 g/mol. The van der Waals surface area contributed by atoms with Crippen LogP contribution in [0.25, 0.3) is 11.1 Å². The summed E-state index contributed by atoms with van der Waals surface area (Å²) >= 11 is 0. The van der Waals surface area contributed by atoms with Gasteiger partial charge in [0.25, 0.3) is 0 Å². The van der Waals surface area contributed by atoms with Crippen molar-refractivity contribution < 1.29 is 24.2 Å². The fourth-order valence-electron chi connectivity index (χ4n) is 4.41. The normalized spacial score (nSPS) is 13.2. The molecule has 2 aromatic rings. The van der Waals surface area contributed by atoms with Crippen LogP contribution in [-0.4, -0.2) is 53.7 Å². The Morgan fingerprint density at radius 1 is 1.03 bits per heavy atom. The van der Waals surface area contributed by atoms with Crippen LogP contribution in [0.3, 0.4) is 0 Å². The largest absolute Gasteiger partial charge is 0.480 e. The predicted octanol–water partition coefficient (Wildman–Crippen LogP) is 4.26. The molecule has 0 spiro atoms.